The molecule has 0 aliphatic heterocycles. The number of aryl methyl sites for hydroxylation is 2. The number of para-hydroxylation sites is 2. The molecule has 6 nitrogen and oxygen atoms in total. The number of nitrogens with zero attached hydrogens (tertiary/aromatic N) is 5. The van der Waals surface area contributed by atoms with E-state index in [9.17, 15) is 4.79 Å². The van der Waals surface area contributed by atoms with Gasteiger partial charge in [-0.15, -0.1) is 0 Å². The lowest BCUT2D eigenvalue weighted by atomic mass is 10.2. The van der Waals surface area contributed by atoms with Crippen molar-refractivity contribution >= 4 is 10.9 Å². The summed E-state index contributed by atoms with van der Waals surface area (Å²) in [6, 6.07) is 17.3. The maximum absolute atomic E-state index is 12.7. The van der Waals surface area contributed by atoms with E-state index in [4.69, 9.17) is 4.98 Å². The zero-order chi connectivity index (χ0) is 18.8. The summed E-state index contributed by atoms with van der Waals surface area (Å²) >= 11 is 0. The SMILES string of the molecule is CC(C)c1nc(CCn2cnc3ccccc3c2=O)n(-c2ccccc2)n1. The molecule has 0 unspecified atom stereocenters. The minimum Gasteiger partial charge on any atom is -0.298 e. The van der Waals surface area contributed by atoms with E-state index < -0.39 is 0 Å². The van der Waals surface area contributed by atoms with Crippen molar-refractivity contribution in [3.05, 3.63) is 82.9 Å². The molecule has 0 saturated heterocycles. The number of fused-ring (bicyclic) bond motifs is 1. The second-order valence-electron chi connectivity index (χ2n) is 6.80. The first-order valence-corrected chi connectivity index (χ1v) is 9.09. The second kappa shape index (κ2) is 7.15. The van der Waals surface area contributed by atoms with Crippen LogP contribution in [0.5, 0.6) is 0 Å². The van der Waals surface area contributed by atoms with E-state index in [2.05, 4.69) is 23.9 Å². The van der Waals surface area contributed by atoms with Crippen molar-refractivity contribution in [1.82, 2.24) is 24.3 Å². The van der Waals surface area contributed by atoms with E-state index in [1.54, 1.807) is 10.9 Å². The molecule has 0 amide bonds. The Bertz CT molecular complexity index is 1130. The Labute approximate surface area is 157 Å². The summed E-state index contributed by atoms with van der Waals surface area (Å²) in [5.74, 6) is 1.88. The molecular weight excluding hydrogens is 338 g/mol. The van der Waals surface area contributed by atoms with Crippen LogP contribution in [0.25, 0.3) is 16.6 Å². The molecule has 2 aromatic carbocycles. The fourth-order valence-corrected chi connectivity index (χ4v) is 3.03. The largest absolute Gasteiger partial charge is 0.298 e. The summed E-state index contributed by atoms with van der Waals surface area (Å²) in [5.41, 5.74) is 1.65. The van der Waals surface area contributed by atoms with Gasteiger partial charge in [-0.2, -0.15) is 5.10 Å². The Kier molecular flexibility index (Phi) is 4.54. The van der Waals surface area contributed by atoms with Crippen LogP contribution in [0.3, 0.4) is 0 Å². The van der Waals surface area contributed by atoms with Crippen LogP contribution in [0.2, 0.25) is 0 Å². The van der Waals surface area contributed by atoms with Crippen LogP contribution in [-0.4, -0.2) is 24.3 Å². The lowest BCUT2D eigenvalue weighted by Gasteiger charge is -2.08. The number of rotatable bonds is 5. The van der Waals surface area contributed by atoms with Crippen molar-refractivity contribution < 1.29 is 0 Å². The number of hydrogen-bond acceptors (Lipinski definition) is 4. The molecule has 0 spiro atoms. The third-order valence-corrected chi connectivity index (χ3v) is 4.52. The summed E-state index contributed by atoms with van der Waals surface area (Å²) in [4.78, 5) is 21.8. The van der Waals surface area contributed by atoms with Crippen LogP contribution in [0, 0.1) is 0 Å². The molecule has 0 radical (unpaired) electrons. The number of aromatic nitrogens is 5. The Balaban J connectivity index is 1.67. The molecule has 0 saturated carbocycles. The molecule has 136 valence electrons. The minimum atomic E-state index is -0.0320. The molecule has 6 heteroatoms. The first kappa shape index (κ1) is 17.1. The van der Waals surface area contributed by atoms with E-state index >= 15 is 0 Å². The van der Waals surface area contributed by atoms with Crippen molar-refractivity contribution in [3.8, 4) is 5.69 Å². The zero-order valence-corrected chi connectivity index (χ0v) is 15.4. The van der Waals surface area contributed by atoms with E-state index in [1.807, 2.05) is 59.3 Å². The monoisotopic (exact) mass is 359 g/mol. The molecule has 0 aliphatic carbocycles. The Morgan fingerprint density at radius 2 is 1.74 bits per heavy atom. The van der Waals surface area contributed by atoms with Gasteiger partial charge in [0, 0.05) is 18.9 Å². The van der Waals surface area contributed by atoms with Gasteiger partial charge >= 0.3 is 0 Å². The molecule has 0 N–H and O–H groups in total. The maximum Gasteiger partial charge on any atom is 0.261 e. The summed E-state index contributed by atoms with van der Waals surface area (Å²) in [5, 5.41) is 5.30. The van der Waals surface area contributed by atoms with Gasteiger partial charge < -0.3 is 0 Å². The predicted molar refractivity (Wildman–Crippen MR) is 105 cm³/mol. The summed E-state index contributed by atoms with van der Waals surface area (Å²) in [6.45, 7) is 4.65. The summed E-state index contributed by atoms with van der Waals surface area (Å²) < 4.78 is 3.51. The van der Waals surface area contributed by atoms with Gasteiger partial charge in [-0.05, 0) is 24.3 Å². The number of hydrogen-bond donors (Lipinski definition) is 0. The van der Waals surface area contributed by atoms with Crippen molar-refractivity contribution in [2.45, 2.75) is 32.7 Å². The highest BCUT2D eigenvalue weighted by molar-refractivity contribution is 5.76. The molecule has 4 rings (SSSR count). The van der Waals surface area contributed by atoms with Crippen molar-refractivity contribution in [2.75, 3.05) is 0 Å². The molecule has 27 heavy (non-hydrogen) atoms. The first-order valence-electron chi connectivity index (χ1n) is 9.09. The van der Waals surface area contributed by atoms with E-state index in [0.717, 1.165) is 17.3 Å². The predicted octanol–water partition coefficient (Wildman–Crippen LogP) is 3.34. The van der Waals surface area contributed by atoms with Gasteiger partial charge in [-0.25, -0.2) is 14.6 Å². The standard InChI is InChI=1S/C21H21N5O/c1-15(2)20-23-19(26(24-20)16-8-4-3-5-9-16)12-13-25-14-22-18-11-7-6-10-17(18)21(25)27/h3-11,14-15H,12-13H2,1-2H3. The molecule has 0 atom stereocenters. The number of benzene rings is 2. The van der Waals surface area contributed by atoms with E-state index in [-0.39, 0.29) is 11.5 Å². The average Bonchev–Trinajstić information content (AvgIpc) is 3.13. The van der Waals surface area contributed by atoms with Gasteiger partial charge in [0.1, 0.15) is 5.82 Å². The van der Waals surface area contributed by atoms with Crippen LogP contribution in [-0.2, 0) is 13.0 Å². The van der Waals surface area contributed by atoms with Crippen molar-refractivity contribution in [2.24, 2.45) is 0 Å². The fraction of sp³-hybridized carbons (Fsp3) is 0.238. The van der Waals surface area contributed by atoms with Gasteiger partial charge in [-0.3, -0.25) is 9.36 Å². The van der Waals surface area contributed by atoms with E-state index in [1.165, 1.54) is 0 Å². The maximum atomic E-state index is 12.7. The van der Waals surface area contributed by atoms with Crippen LogP contribution in [0.1, 0.15) is 31.4 Å². The highest BCUT2D eigenvalue weighted by Gasteiger charge is 2.14. The van der Waals surface area contributed by atoms with Crippen molar-refractivity contribution in [3.63, 3.8) is 0 Å². The van der Waals surface area contributed by atoms with Gasteiger partial charge in [0.05, 0.1) is 22.9 Å². The Hall–Kier alpha value is -3.28. The lowest BCUT2D eigenvalue weighted by Crippen LogP contribution is -2.22. The highest BCUT2D eigenvalue weighted by Crippen LogP contribution is 2.15. The van der Waals surface area contributed by atoms with Crippen LogP contribution in [0.4, 0.5) is 0 Å². The molecule has 0 fully saturated rings. The summed E-state index contributed by atoms with van der Waals surface area (Å²) in [6.07, 6.45) is 2.20. The smallest absolute Gasteiger partial charge is 0.261 e. The topological polar surface area (TPSA) is 65.6 Å². The van der Waals surface area contributed by atoms with E-state index in [0.29, 0.717) is 23.9 Å². The molecule has 4 aromatic rings. The third-order valence-electron chi connectivity index (χ3n) is 4.52. The second-order valence-corrected chi connectivity index (χ2v) is 6.80. The minimum absolute atomic E-state index is 0.0320. The van der Waals surface area contributed by atoms with Crippen LogP contribution >= 0.6 is 0 Å². The average molecular weight is 359 g/mol. The quantitative estimate of drug-likeness (QED) is 0.548. The highest BCUT2D eigenvalue weighted by atomic mass is 16.1. The van der Waals surface area contributed by atoms with Gasteiger partial charge in [0.15, 0.2) is 5.82 Å². The van der Waals surface area contributed by atoms with Crippen LogP contribution in [0.15, 0.2) is 65.7 Å². The Morgan fingerprint density at radius 1 is 1.00 bits per heavy atom. The van der Waals surface area contributed by atoms with Gasteiger partial charge in [-0.1, -0.05) is 44.2 Å². The van der Waals surface area contributed by atoms with Crippen molar-refractivity contribution in [1.29, 1.82) is 0 Å². The van der Waals surface area contributed by atoms with Crippen LogP contribution < -0.4 is 5.56 Å². The zero-order valence-electron chi connectivity index (χ0n) is 15.4. The molecule has 2 aromatic heterocycles. The molecule has 2 heterocycles. The Morgan fingerprint density at radius 3 is 2.52 bits per heavy atom. The van der Waals surface area contributed by atoms with Gasteiger partial charge in [0.2, 0.25) is 0 Å². The molecule has 0 bridgehead atoms. The lowest BCUT2D eigenvalue weighted by molar-refractivity contribution is 0.629. The first-order chi connectivity index (χ1) is 13.1. The third kappa shape index (κ3) is 3.38. The fourth-order valence-electron chi connectivity index (χ4n) is 3.03. The normalized spacial score (nSPS) is 11.4. The molecule has 0 aliphatic rings. The summed E-state index contributed by atoms with van der Waals surface area (Å²) in [7, 11) is 0. The molecular formula is C21H21N5O. The van der Waals surface area contributed by atoms with Gasteiger partial charge in [0.25, 0.3) is 5.56 Å².